The molecule has 44 heavy (non-hydrogen) atoms. The molecular formula is C32H33N3O9. The van der Waals surface area contributed by atoms with Gasteiger partial charge in [-0.2, -0.15) is 0 Å². The highest BCUT2D eigenvalue weighted by molar-refractivity contribution is 6.00. The summed E-state index contributed by atoms with van der Waals surface area (Å²) >= 11 is 0. The second-order valence-electron chi connectivity index (χ2n) is 10.9. The molecule has 0 radical (unpaired) electrons. The van der Waals surface area contributed by atoms with Gasteiger partial charge in [-0.1, -0.05) is 56.2 Å². The third-order valence-electron chi connectivity index (χ3n) is 6.20. The first-order valence-corrected chi connectivity index (χ1v) is 13.5. The molecule has 0 fully saturated rings. The first-order chi connectivity index (χ1) is 20.6. The fourth-order valence-corrected chi connectivity index (χ4v) is 3.53. The summed E-state index contributed by atoms with van der Waals surface area (Å²) in [6.45, 7) is 8.81. The zero-order chi connectivity index (χ0) is 32.6. The molecule has 3 aromatic carbocycles. The zero-order valence-corrected chi connectivity index (χ0v) is 24.8. The molecule has 0 aliphatic heterocycles. The Morgan fingerprint density at radius 2 is 1.07 bits per heavy atom. The number of aryl methyl sites for hydroxylation is 2. The van der Waals surface area contributed by atoms with E-state index >= 15 is 0 Å². The SMILES string of the molecule is Cc1ccc(C(=O)O[C@@H](C(=O)O)[C@@H](OC(=O)c2ccc(C)cc2)C(=O)NNC(=O)c2ccc(NC(=O)C(C)(C)C)cc2)cc1. The fraction of sp³-hybridized carbons (Fsp3) is 0.250. The molecule has 0 bridgehead atoms. The number of nitrogens with one attached hydrogen (secondary N) is 3. The van der Waals surface area contributed by atoms with Gasteiger partial charge in [0, 0.05) is 16.7 Å². The fourth-order valence-electron chi connectivity index (χ4n) is 3.53. The Morgan fingerprint density at radius 3 is 1.50 bits per heavy atom. The van der Waals surface area contributed by atoms with E-state index in [1.165, 1.54) is 48.5 Å². The molecule has 0 aliphatic rings. The normalized spacial score (nSPS) is 12.2. The van der Waals surface area contributed by atoms with E-state index in [0.717, 1.165) is 11.1 Å². The Kier molecular flexibility index (Phi) is 10.6. The lowest BCUT2D eigenvalue weighted by Gasteiger charge is -2.23. The first-order valence-electron chi connectivity index (χ1n) is 13.5. The standard InChI is InChI=1S/C32H33N3O9/c1-18-6-10-21(11-7-18)29(40)43-24(25(28(38)39)44-30(41)22-12-8-19(2)9-13-22)27(37)35-34-26(36)20-14-16-23(17-15-20)33-31(42)32(3,4)5/h6-17,24-25H,1-5H3,(H,33,42)(H,34,36)(H,35,37)(H,38,39)/t24-,25-/m1/s1. The Labute approximate surface area is 253 Å². The monoisotopic (exact) mass is 603 g/mol. The van der Waals surface area contributed by atoms with E-state index in [-0.39, 0.29) is 22.6 Å². The number of carboxylic acid groups (broad SMARTS) is 1. The predicted octanol–water partition coefficient (Wildman–Crippen LogP) is 3.58. The second kappa shape index (κ2) is 14.1. The summed E-state index contributed by atoms with van der Waals surface area (Å²) in [5, 5.41) is 12.6. The van der Waals surface area contributed by atoms with E-state index in [1.54, 1.807) is 58.9 Å². The summed E-state index contributed by atoms with van der Waals surface area (Å²) < 4.78 is 10.3. The number of ether oxygens (including phenoxy) is 2. The number of carbonyl (C=O) groups is 6. The lowest BCUT2D eigenvalue weighted by Crippen LogP contribution is -2.54. The lowest BCUT2D eigenvalue weighted by molar-refractivity contribution is -0.159. The number of carboxylic acids is 1. The molecule has 230 valence electrons. The van der Waals surface area contributed by atoms with E-state index in [4.69, 9.17) is 9.47 Å². The number of esters is 2. The van der Waals surface area contributed by atoms with Gasteiger partial charge in [-0.05, 0) is 62.4 Å². The smallest absolute Gasteiger partial charge is 0.349 e. The highest BCUT2D eigenvalue weighted by Gasteiger charge is 2.41. The Hall–Kier alpha value is -5.52. The maximum atomic E-state index is 13.2. The van der Waals surface area contributed by atoms with Crippen LogP contribution in [0.25, 0.3) is 0 Å². The summed E-state index contributed by atoms with van der Waals surface area (Å²) in [5.74, 6) is -6.24. The van der Waals surface area contributed by atoms with Gasteiger partial charge in [-0.15, -0.1) is 0 Å². The second-order valence-corrected chi connectivity index (χ2v) is 10.9. The van der Waals surface area contributed by atoms with Crippen LogP contribution in [0.3, 0.4) is 0 Å². The average Bonchev–Trinajstić information content (AvgIpc) is 2.97. The van der Waals surface area contributed by atoms with Crippen molar-refractivity contribution in [1.82, 2.24) is 10.9 Å². The Balaban J connectivity index is 1.79. The molecule has 3 rings (SSSR count). The molecule has 0 heterocycles. The number of benzene rings is 3. The highest BCUT2D eigenvalue weighted by Crippen LogP contribution is 2.18. The van der Waals surface area contributed by atoms with Gasteiger partial charge in [0.1, 0.15) is 0 Å². The molecule has 0 aromatic heterocycles. The topological polar surface area (TPSA) is 177 Å². The van der Waals surface area contributed by atoms with Gasteiger partial charge in [-0.3, -0.25) is 25.2 Å². The van der Waals surface area contributed by atoms with Crippen molar-refractivity contribution < 1.29 is 43.3 Å². The van der Waals surface area contributed by atoms with Crippen LogP contribution in [0.5, 0.6) is 0 Å². The molecular weight excluding hydrogens is 570 g/mol. The molecule has 0 aliphatic carbocycles. The van der Waals surface area contributed by atoms with Crippen molar-refractivity contribution in [3.05, 3.63) is 101 Å². The third kappa shape index (κ3) is 8.99. The van der Waals surface area contributed by atoms with Gasteiger partial charge in [0.2, 0.25) is 18.1 Å². The van der Waals surface area contributed by atoms with Gasteiger partial charge in [0.05, 0.1) is 11.1 Å². The number of hydrogen-bond donors (Lipinski definition) is 4. The van der Waals surface area contributed by atoms with Crippen LogP contribution >= 0.6 is 0 Å². The van der Waals surface area contributed by atoms with Gasteiger partial charge >= 0.3 is 17.9 Å². The number of rotatable bonds is 9. The van der Waals surface area contributed by atoms with Crippen molar-refractivity contribution in [3.63, 3.8) is 0 Å². The quantitative estimate of drug-likeness (QED) is 0.210. The number of amides is 3. The number of hydrazine groups is 1. The molecule has 0 spiro atoms. The first kappa shape index (κ1) is 33.0. The van der Waals surface area contributed by atoms with Gasteiger partial charge in [0.15, 0.2) is 0 Å². The van der Waals surface area contributed by atoms with Gasteiger partial charge in [-0.25, -0.2) is 14.4 Å². The number of anilines is 1. The molecule has 12 heteroatoms. The molecule has 3 amide bonds. The Morgan fingerprint density at radius 1 is 0.636 bits per heavy atom. The third-order valence-corrected chi connectivity index (χ3v) is 6.20. The van der Waals surface area contributed by atoms with Crippen LogP contribution < -0.4 is 16.2 Å². The molecule has 0 unspecified atom stereocenters. The molecule has 0 saturated carbocycles. The number of hydrogen-bond acceptors (Lipinski definition) is 8. The maximum Gasteiger partial charge on any atom is 0.349 e. The van der Waals surface area contributed by atoms with Gasteiger partial charge < -0.3 is 19.9 Å². The summed E-state index contributed by atoms with van der Waals surface area (Å²) in [5.41, 5.74) is 5.70. The Bertz CT molecular complexity index is 1540. The molecule has 12 nitrogen and oxygen atoms in total. The van der Waals surface area contributed by atoms with Crippen LogP contribution in [0.4, 0.5) is 5.69 Å². The zero-order valence-electron chi connectivity index (χ0n) is 24.8. The molecule has 3 aromatic rings. The van der Waals surface area contributed by atoms with Crippen LogP contribution in [0.1, 0.15) is 63.0 Å². The van der Waals surface area contributed by atoms with Crippen molar-refractivity contribution in [2.75, 3.05) is 5.32 Å². The van der Waals surface area contributed by atoms with Crippen molar-refractivity contribution in [2.45, 2.75) is 46.8 Å². The van der Waals surface area contributed by atoms with E-state index < -0.39 is 47.3 Å². The van der Waals surface area contributed by atoms with Crippen molar-refractivity contribution in [3.8, 4) is 0 Å². The minimum atomic E-state index is -2.28. The minimum Gasteiger partial charge on any atom is -0.478 e. The molecule has 4 N–H and O–H groups in total. The van der Waals surface area contributed by atoms with E-state index in [9.17, 15) is 33.9 Å². The predicted molar refractivity (Wildman–Crippen MR) is 159 cm³/mol. The van der Waals surface area contributed by atoms with E-state index in [2.05, 4.69) is 10.7 Å². The highest BCUT2D eigenvalue weighted by atomic mass is 16.6. The van der Waals surface area contributed by atoms with Gasteiger partial charge in [0.25, 0.3) is 11.8 Å². The molecule has 0 saturated heterocycles. The number of carbonyl (C=O) groups excluding carboxylic acids is 5. The van der Waals surface area contributed by atoms with E-state index in [0.29, 0.717) is 5.69 Å². The maximum absolute atomic E-state index is 13.2. The molecule has 2 atom stereocenters. The van der Waals surface area contributed by atoms with E-state index in [1.807, 2.05) is 5.43 Å². The summed E-state index contributed by atoms with van der Waals surface area (Å²) in [7, 11) is 0. The van der Waals surface area contributed by atoms with Crippen LogP contribution in [0, 0.1) is 19.3 Å². The largest absolute Gasteiger partial charge is 0.478 e. The minimum absolute atomic E-state index is 0.00121. The van der Waals surface area contributed by atoms with Crippen LogP contribution in [0.15, 0.2) is 72.8 Å². The van der Waals surface area contributed by atoms with Crippen LogP contribution in [0.2, 0.25) is 0 Å². The summed E-state index contributed by atoms with van der Waals surface area (Å²) in [6, 6.07) is 17.8. The van der Waals surface area contributed by atoms with Crippen LogP contribution in [-0.2, 0) is 23.9 Å². The van der Waals surface area contributed by atoms with Crippen molar-refractivity contribution >= 4 is 41.3 Å². The van der Waals surface area contributed by atoms with Crippen molar-refractivity contribution in [1.29, 1.82) is 0 Å². The summed E-state index contributed by atoms with van der Waals surface area (Å²) in [4.78, 5) is 75.9. The van der Waals surface area contributed by atoms with Crippen LogP contribution in [-0.4, -0.2) is 52.9 Å². The van der Waals surface area contributed by atoms with Crippen molar-refractivity contribution in [2.24, 2.45) is 5.41 Å². The average molecular weight is 604 g/mol. The lowest BCUT2D eigenvalue weighted by atomic mass is 9.95. The summed E-state index contributed by atoms with van der Waals surface area (Å²) in [6.07, 6.45) is -4.48. The number of aliphatic carboxylic acids is 1.